The molecule has 0 heterocycles. The molecular weight excluding hydrogens is 294 g/mol. The van der Waals surface area contributed by atoms with Crippen LogP contribution in [-0.2, 0) is 14.3 Å². The summed E-state index contributed by atoms with van der Waals surface area (Å²) in [7, 11) is 0. The number of rotatable bonds is 14. The minimum atomic E-state index is -0.711. The van der Waals surface area contributed by atoms with Crippen molar-refractivity contribution in [3.05, 3.63) is 25.3 Å². The van der Waals surface area contributed by atoms with E-state index in [1.54, 1.807) is 6.92 Å². The van der Waals surface area contributed by atoms with Gasteiger partial charge >= 0.3 is 12.1 Å². The van der Waals surface area contributed by atoms with Crippen molar-refractivity contribution in [2.45, 2.75) is 64.3 Å². The first kappa shape index (κ1) is 21.2. The van der Waals surface area contributed by atoms with Crippen LogP contribution in [0.1, 0.15) is 58.3 Å². The van der Waals surface area contributed by atoms with Crippen molar-refractivity contribution >= 4 is 12.1 Å². The highest BCUT2D eigenvalue weighted by molar-refractivity contribution is 5.80. The smallest absolute Gasteiger partial charge is 0.408 e. The Morgan fingerprint density at radius 3 is 2.17 bits per heavy atom. The van der Waals surface area contributed by atoms with Gasteiger partial charge in [-0.1, -0.05) is 50.8 Å². The molecule has 0 aliphatic carbocycles. The van der Waals surface area contributed by atoms with Crippen LogP contribution in [0.3, 0.4) is 0 Å². The average Bonchev–Trinajstić information content (AvgIpc) is 2.54. The number of nitrogens with one attached hydrogen (secondary N) is 1. The second-order valence-electron chi connectivity index (χ2n) is 5.47. The number of allylic oxidation sites excluding steroid dienone is 1. The van der Waals surface area contributed by atoms with Crippen LogP contribution in [0.4, 0.5) is 4.79 Å². The predicted molar refractivity (Wildman–Crippen MR) is 92.2 cm³/mol. The van der Waals surface area contributed by atoms with Gasteiger partial charge in [-0.15, -0.1) is 6.58 Å². The topological polar surface area (TPSA) is 64.6 Å². The molecule has 0 spiro atoms. The van der Waals surface area contributed by atoms with Crippen molar-refractivity contribution in [3.8, 4) is 0 Å². The molecule has 0 aromatic rings. The fourth-order valence-electron chi connectivity index (χ4n) is 1.98. The summed E-state index contributed by atoms with van der Waals surface area (Å²) in [6.45, 7) is 9.22. The van der Waals surface area contributed by atoms with E-state index < -0.39 is 18.1 Å². The average molecular weight is 325 g/mol. The molecule has 1 amide bonds. The first-order chi connectivity index (χ1) is 11.1. The zero-order valence-electron chi connectivity index (χ0n) is 14.4. The summed E-state index contributed by atoms with van der Waals surface area (Å²) < 4.78 is 9.86. The van der Waals surface area contributed by atoms with Crippen molar-refractivity contribution in [1.82, 2.24) is 5.32 Å². The zero-order chi connectivity index (χ0) is 17.3. The molecule has 1 N–H and O–H groups in total. The predicted octanol–water partition coefficient (Wildman–Crippen LogP) is 4.14. The summed E-state index contributed by atoms with van der Waals surface area (Å²) in [6, 6.07) is -0.711. The van der Waals surface area contributed by atoms with E-state index >= 15 is 0 Å². The van der Waals surface area contributed by atoms with Gasteiger partial charge in [-0.25, -0.2) is 9.59 Å². The molecule has 0 aromatic carbocycles. The largest absolute Gasteiger partial charge is 0.464 e. The third kappa shape index (κ3) is 13.6. The second kappa shape index (κ2) is 15.1. The number of unbranched alkanes of at least 4 members (excludes halogenated alkanes) is 7. The molecule has 5 nitrogen and oxygen atoms in total. The summed E-state index contributed by atoms with van der Waals surface area (Å²) >= 11 is 0. The maximum absolute atomic E-state index is 11.7. The van der Waals surface area contributed by atoms with Crippen LogP contribution in [0.15, 0.2) is 25.3 Å². The van der Waals surface area contributed by atoms with E-state index in [1.807, 2.05) is 6.08 Å². The molecular formula is C18H31NO4. The summed E-state index contributed by atoms with van der Waals surface area (Å²) in [5, 5.41) is 2.41. The van der Waals surface area contributed by atoms with Crippen molar-refractivity contribution in [1.29, 1.82) is 0 Å². The SMILES string of the molecule is C=CCCCCCCCCCOC(=O)C(C)NC(=O)OCC=C. The van der Waals surface area contributed by atoms with Gasteiger partial charge in [0.15, 0.2) is 0 Å². The first-order valence-electron chi connectivity index (χ1n) is 8.43. The van der Waals surface area contributed by atoms with Crippen LogP contribution >= 0.6 is 0 Å². The Morgan fingerprint density at radius 1 is 0.957 bits per heavy atom. The molecule has 0 aliphatic heterocycles. The van der Waals surface area contributed by atoms with Gasteiger partial charge in [0.25, 0.3) is 0 Å². The zero-order valence-corrected chi connectivity index (χ0v) is 14.4. The van der Waals surface area contributed by atoms with E-state index in [4.69, 9.17) is 9.47 Å². The molecule has 5 heteroatoms. The molecule has 0 rings (SSSR count). The molecule has 0 aromatic heterocycles. The van der Waals surface area contributed by atoms with E-state index in [9.17, 15) is 9.59 Å². The fourth-order valence-corrected chi connectivity index (χ4v) is 1.98. The number of hydrogen-bond donors (Lipinski definition) is 1. The third-order valence-electron chi connectivity index (χ3n) is 3.32. The lowest BCUT2D eigenvalue weighted by Crippen LogP contribution is -2.40. The van der Waals surface area contributed by atoms with Gasteiger partial charge in [-0.2, -0.15) is 0 Å². The Balaban J connectivity index is 3.49. The Kier molecular flexibility index (Phi) is 14.0. The minimum Gasteiger partial charge on any atom is -0.464 e. The molecule has 0 fully saturated rings. The summed E-state index contributed by atoms with van der Waals surface area (Å²) in [4.78, 5) is 22.9. The van der Waals surface area contributed by atoms with E-state index in [0.29, 0.717) is 6.61 Å². The summed E-state index contributed by atoms with van der Waals surface area (Å²) in [5.41, 5.74) is 0. The molecule has 1 unspecified atom stereocenters. The van der Waals surface area contributed by atoms with E-state index in [-0.39, 0.29) is 6.61 Å². The van der Waals surface area contributed by atoms with Crippen LogP contribution in [0, 0.1) is 0 Å². The lowest BCUT2D eigenvalue weighted by molar-refractivity contribution is -0.145. The van der Waals surface area contributed by atoms with Gasteiger partial charge in [0.05, 0.1) is 6.61 Å². The maximum atomic E-state index is 11.7. The van der Waals surface area contributed by atoms with Crippen LogP contribution < -0.4 is 5.32 Å². The van der Waals surface area contributed by atoms with Crippen LogP contribution in [-0.4, -0.2) is 31.3 Å². The van der Waals surface area contributed by atoms with Crippen molar-refractivity contribution < 1.29 is 19.1 Å². The lowest BCUT2D eigenvalue weighted by atomic mass is 10.1. The van der Waals surface area contributed by atoms with E-state index in [0.717, 1.165) is 25.7 Å². The normalized spacial score (nSPS) is 11.3. The van der Waals surface area contributed by atoms with Gasteiger partial charge in [0.1, 0.15) is 12.6 Å². The Bertz CT molecular complexity index is 355. The molecule has 0 radical (unpaired) electrons. The van der Waals surface area contributed by atoms with Crippen LogP contribution in [0.5, 0.6) is 0 Å². The number of esters is 1. The van der Waals surface area contributed by atoms with E-state index in [2.05, 4.69) is 18.5 Å². The molecule has 0 aliphatic rings. The van der Waals surface area contributed by atoms with Crippen LogP contribution in [0.25, 0.3) is 0 Å². The van der Waals surface area contributed by atoms with Crippen LogP contribution in [0.2, 0.25) is 0 Å². The maximum Gasteiger partial charge on any atom is 0.408 e. The summed E-state index contributed by atoms with van der Waals surface area (Å²) in [6.07, 6.45) is 11.9. The third-order valence-corrected chi connectivity index (χ3v) is 3.32. The molecule has 0 saturated heterocycles. The van der Waals surface area contributed by atoms with Gasteiger partial charge in [0.2, 0.25) is 0 Å². The lowest BCUT2D eigenvalue weighted by Gasteiger charge is -2.13. The highest BCUT2D eigenvalue weighted by Gasteiger charge is 2.17. The molecule has 23 heavy (non-hydrogen) atoms. The molecule has 0 bridgehead atoms. The minimum absolute atomic E-state index is 0.112. The number of ether oxygens (including phenoxy) is 2. The molecule has 0 saturated carbocycles. The highest BCUT2D eigenvalue weighted by atomic mass is 16.6. The number of amides is 1. The van der Waals surface area contributed by atoms with Gasteiger partial charge in [-0.3, -0.25) is 0 Å². The summed E-state index contributed by atoms with van der Waals surface area (Å²) in [5.74, 6) is -0.440. The number of carbonyl (C=O) groups is 2. The fraction of sp³-hybridized carbons (Fsp3) is 0.667. The van der Waals surface area contributed by atoms with Crippen molar-refractivity contribution in [2.24, 2.45) is 0 Å². The monoisotopic (exact) mass is 325 g/mol. The number of hydrogen-bond acceptors (Lipinski definition) is 4. The second-order valence-corrected chi connectivity index (χ2v) is 5.47. The van der Waals surface area contributed by atoms with E-state index in [1.165, 1.54) is 31.8 Å². The van der Waals surface area contributed by atoms with Crippen molar-refractivity contribution in [2.75, 3.05) is 13.2 Å². The first-order valence-corrected chi connectivity index (χ1v) is 8.43. The molecule has 1 atom stereocenters. The number of alkyl carbamates (subject to hydrolysis) is 1. The van der Waals surface area contributed by atoms with Crippen molar-refractivity contribution in [3.63, 3.8) is 0 Å². The Morgan fingerprint density at radius 2 is 1.57 bits per heavy atom. The number of carbonyl (C=O) groups excluding carboxylic acids is 2. The Hall–Kier alpha value is -1.78. The standard InChI is InChI=1S/C18H31NO4/c1-4-6-7-8-9-10-11-12-13-15-22-17(20)16(3)19-18(21)23-14-5-2/h4-5,16H,1-2,6-15H2,3H3,(H,19,21). The highest BCUT2D eigenvalue weighted by Crippen LogP contribution is 2.08. The Labute approximate surface area is 140 Å². The molecule has 132 valence electrons. The van der Waals surface area contributed by atoms with Gasteiger partial charge in [0, 0.05) is 0 Å². The quantitative estimate of drug-likeness (QED) is 0.296. The van der Waals surface area contributed by atoms with Gasteiger partial charge in [-0.05, 0) is 26.2 Å². The van der Waals surface area contributed by atoms with Gasteiger partial charge < -0.3 is 14.8 Å².